The van der Waals surface area contributed by atoms with Gasteiger partial charge in [0.1, 0.15) is 11.5 Å². The smallest absolute Gasteiger partial charge is 0.273 e. The van der Waals surface area contributed by atoms with Gasteiger partial charge in [-0.2, -0.15) is 5.10 Å². The molecule has 1 aliphatic rings. The van der Waals surface area contributed by atoms with Crippen molar-refractivity contribution in [3.63, 3.8) is 0 Å². The maximum absolute atomic E-state index is 13.1. The number of carbonyl (C=O) groups is 1. The number of aromatic nitrogens is 3. The van der Waals surface area contributed by atoms with Crippen molar-refractivity contribution in [3.05, 3.63) is 88.8 Å². The van der Waals surface area contributed by atoms with Crippen LogP contribution >= 0.6 is 0 Å². The van der Waals surface area contributed by atoms with Gasteiger partial charge in [-0.1, -0.05) is 24.3 Å². The van der Waals surface area contributed by atoms with Gasteiger partial charge < -0.3 is 15.4 Å². The summed E-state index contributed by atoms with van der Waals surface area (Å²) in [6.45, 7) is 8.59. The summed E-state index contributed by atoms with van der Waals surface area (Å²) in [7, 11) is 0. The lowest BCUT2D eigenvalue weighted by molar-refractivity contribution is 0.100. The first-order valence-electron chi connectivity index (χ1n) is 12.2. The molecule has 188 valence electrons. The van der Waals surface area contributed by atoms with Gasteiger partial charge in [-0.05, 0) is 81.7 Å². The first-order valence-corrected chi connectivity index (χ1v) is 12.2. The molecule has 0 aliphatic carbocycles. The number of nitrogens with zero attached hydrogens (tertiary/aromatic N) is 4. The molecule has 0 saturated heterocycles. The van der Waals surface area contributed by atoms with Crippen molar-refractivity contribution in [2.75, 3.05) is 11.9 Å². The number of aliphatic imine (C=N–C) groups is 2. The van der Waals surface area contributed by atoms with Gasteiger partial charge in [0.2, 0.25) is 0 Å². The van der Waals surface area contributed by atoms with Crippen LogP contribution < -0.4 is 5.32 Å². The molecule has 2 aromatic carbocycles. The topological polar surface area (TPSA) is 108 Å². The van der Waals surface area contributed by atoms with E-state index >= 15 is 0 Å². The highest BCUT2D eigenvalue weighted by Gasteiger charge is 2.23. The quantitative estimate of drug-likeness (QED) is 0.325. The van der Waals surface area contributed by atoms with Crippen LogP contribution in [0.1, 0.15) is 53.6 Å². The number of carbonyl (C=O) groups excluding carboxylic acids is 1. The van der Waals surface area contributed by atoms with E-state index in [0.717, 1.165) is 33.4 Å². The Morgan fingerprint density at radius 2 is 2.00 bits per heavy atom. The van der Waals surface area contributed by atoms with Crippen LogP contribution in [0.15, 0.2) is 70.7 Å². The molecule has 4 aromatic rings. The molecule has 0 radical (unpaired) electrons. The number of aromatic hydroxyl groups is 1. The largest absolute Gasteiger partial charge is 0.494 e. The van der Waals surface area contributed by atoms with Crippen LogP contribution in [0.25, 0.3) is 10.9 Å². The number of benzene rings is 2. The molecule has 0 bridgehead atoms. The predicted molar refractivity (Wildman–Crippen MR) is 148 cm³/mol. The minimum Gasteiger partial charge on any atom is -0.494 e. The van der Waals surface area contributed by atoms with E-state index in [0.29, 0.717) is 30.1 Å². The van der Waals surface area contributed by atoms with Gasteiger partial charge in [0, 0.05) is 22.8 Å². The highest BCUT2D eigenvalue weighted by atomic mass is 16.3. The molecule has 5 rings (SSSR count). The monoisotopic (exact) mass is 494 g/mol. The number of aryl methyl sites for hydroxylation is 1. The number of aromatic amines is 1. The molecule has 0 saturated carbocycles. The second kappa shape index (κ2) is 9.54. The summed E-state index contributed by atoms with van der Waals surface area (Å²) in [5, 5.41) is 18.8. The summed E-state index contributed by atoms with van der Waals surface area (Å²) in [5.41, 5.74) is 5.34. The van der Waals surface area contributed by atoms with Crippen LogP contribution in [0.4, 0.5) is 5.69 Å². The van der Waals surface area contributed by atoms with Crippen LogP contribution in [-0.2, 0) is 12.0 Å². The minimum absolute atomic E-state index is 0.0768. The molecule has 0 spiro atoms. The normalized spacial score (nSPS) is 13.6. The number of rotatable bonds is 5. The molecule has 1 aliphatic heterocycles. The fraction of sp³-hybridized carbons (Fsp3) is 0.241. The standard InChI is InChI=1S/C29H30N6O2/c1-18-13-25(35(34-18)29(2,3)4)28(37)32-21-8-5-7-19(15-21)14-20-10-11-24-22(16-20)23(27(36)33-24)17-31-26-9-6-12-30-26/h5-11,13,15-17,33,36H,12,14H2,1-4H3,(H,32,37). The molecule has 8 heteroatoms. The summed E-state index contributed by atoms with van der Waals surface area (Å²) in [6.07, 6.45) is 6.11. The van der Waals surface area contributed by atoms with Crippen molar-refractivity contribution in [3.8, 4) is 5.88 Å². The molecule has 8 nitrogen and oxygen atoms in total. The van der Waals surface area contributed by atoms with Gasteiger partial charge in [-0.3, -0.25) is 14.5 Å². The fourth-order valence-electron chi connectivity index (χ4n) is 4.42. The van der Waals surface area contributed by atoms with Crippen molar-refractivity contribution in [2.24, 2.45) is 9.98 Å². The zero-order chi connectivity index (χ0) is 26.2. The fourth-order valence-corrected chi connectivity index (χ4v) is 4.42. The number of amides is 1. The molecule has 37 heavy (non-hydrogen) atoms. The minimum atomic E-state index is -0.307. The summed E-state index contributed by atoms with van der Waals surface area (Å²) in [5.74, 6) is 0.528. The van der Waals surface area contributed by atoms with Crippen molar-refractivity contribution >= 4 is 34.5 Å². The maximum atomic E-state index is 13.1. The van der Waals surface area contributed by atoms with Crippen molar-refractivity contribution in [1.29, 1.82) is 0 Å². The summed E-state index contributed by atoms with van der Waals surface area (Å²) in [4.78, 5) is 24.7. The predicted octanol–water partition coefficient (Wildman–Crippen LogP) is 5.36. The Balaban J connectivity index is 1.36. The van der Waals surface area contributed by atoms with E-state index in [1.807, 2.05) is 82.3 Å². The molecule has 0 unspecified atom stereocenters. The average Bonchev–Trinajstić information content (AvgIpc) is 3.56. The lowest BCUT2D eigenvalue weighted by Crippen LogP contribution is -2.29. The van der Waals surface area contributed by atoms with Crippen LogP contribution in [0, 0.1) is 6.92 Å². The number of H-pyrrole nitrogens is 1. The highest BCUT2D eigenvalue weighted by molar-refractivity contribution is 6.08. The zero-order valence-corrected chi connectivity index (χ0v) is 21.4. The van der Waals surface area contributed by atoms with Gasteiger partial charge in [0.25, 0.3) is 5.91 Å². The number of hydrogen-bond donors (Lipinski definition) is 3. The first-order chi connectivity index (χ1) is 17.7. The Hall–Kier alpha value is -4.46. The van der Waals surface area contributed by atoms with Gasteiger partial charge in [-0.25, -0.2) is 4.99 Å². The Labute approximate surface area is 215 Å². The molecule has 3 heterocycles. The van der Waals surface area contributed by atoms with Gasteiger partial charge in [-0.15, -0.1) is 0 Å². The van der Waals surface area contributed by atoms with E-state index in [2.05, 4.69) is 31.5 Å². The first kappa shape index (κ1) is 24.2. The van der Waals surface area contributed by atoms with E-state index in [1.54, 1.807) is 10.9 Å². The van der Waals surface area contributed by atoms with E-state index in [4.69, 9.17) is 0 Å². The number of nitrogens with one attached hydrogen (secondary N) is 2. The van der Waals surface area contributed by atoms with Crippen molar-refractivity contribution < 1.29 is 9.90 Å². The molecule has 0 fully saturated rings. The summed E-state index contributed by atoms with van der Waals surface area (Å²) in [6, 6.07) is 15.7. The average molecular weight is 495 g/mol. The zero-order valence-electron chi connectivity index (χ0n) is 21.4. The van der Waals surface area contributed by atoms with Gasteiger partial charge >= 0.3 is 0 Å². The molecule has 1 amide bonds. The van der Waals surface area contributed by atoms with E-state index in [1.165, 1.54) is 0 Å². The summed E-state index contributed by atoms with van der Waals surface area (Å²) >= 11 is 0. The van der Waals surface area contributed by atoms with Crippen molar-refractivity contribution in [2.45, 2.75) is 39.7 Å². The van der Waals surface area contributed by atoms with E-state index in [-0.39, 0.29) is 17.3 Å². The Bertz CT molecular complexity index is 1580. The second-order valence-corrected chi connectivity index (χ2v) is 10.2. The van der Waals surface area contributed by atoms with Crippen LogP contribution in [0.5, 0.6) is 5.88 Å². The second-order valence-electron chi connectivity index (χ2n) is 10.2. The van der Waals surface area contributed by atoms with Gasteiger partial charge in [0.05, 0.1) is 23.3 Å². The Kier molecular flexibility index (Phi) is 6.25. The van der Waals surface area contributed by atoms with Crippen LogP contribution in [-0.4, -0.2) is 44.4 Å². The number of fused-ring (bicyclic) bond motifs is 1. The lowest BCUT2D eigenvalue weighted by Gasteiger charge is -2.22. The molecular weight excluding hydrogens is 464 g/mol. The third-order valence-corrected chi connectivity index (χ3v) is 6.13. The summed E-state index contributed by atoms with van der Waals surface area (Å²) < 4.78 is 1.76. The number of amidine groups is 1. The molecule has 3 N–H and O–H groups in total. The maximum Gasteiger partial charge on any atom is 0.273 e. The Morgan fingerprint density at radius 3 is 2.76 bits per heavy atom. The molecule has 0 atom stereocenters. The van der Waals surface area contributed by atoms with E-state index < -0.39 is 0 Å². The SMILES string of the molecule is Cc1cc(C(=O)Nc2cccc(Cc3ccc4[nH]c(O)c(C=NC5=NCC=C5)c4c3)c2)n(C(C)(C)C)n1. The van der Waals surface area contributed by atoms with E-state index in [9.17, 15) is 9.90 Å². The van der Waals surface area contributed by atoms with Gasteiger partial charge in [0.15, 0.2) is 5.88 Å². The Morgan fingerprint density at radius 1 is 1.19 bits per heavy atom. The molecule has 2 aromatic heterocycles. The third-order valence-electron chi connectivity index (χ3n) is 6.13. The number of anilines is 1. The lowest BCUT2D eigenvalue weighted by atomic mass is 10.0. The highest BCUT2D eigenvalue weighted by Crippen LogP contribution is 2.28. The van der Waals surface area contributed by atoms with Crippen LogP contribution in [0.3, 0.4) is 0 Å². The van der Waals surface area contributed by atoms with Crippen LogP contribution in [0.2, 0.25) is 0 Å². The number of hydrogen-bond acceptors (Lipinski definition) is 5. The van der Waals surface area contributed by atoms with Crippen molar-refractivity contribution in [1.82, 2.24) is 14.8 Å². The third kappa shape index (κ3) is 5.23. The molecular formula is C29H30N6O2.